The fraction of sp³-hybridized carbons (Fsp3) is 0.222. The van der Waals surface area contributed by atoms with Gasteiger partial charge in [0.15, 0.2) is 0 Å². The van der Waals surface area contributed by atoms with E-state index in [0.29, 0.717) is 0 Å². The highest BCUT2D eigenvalue weighted by molar-refractivity contribution is 5.73. The van der Waals surface area contributed by atoms with E-state index >= 15 is 0 Å². The molecule has 0 bridgehead atoms. The van der Waals surface area contributed by atoms with Gasteiger partial charge in [-0.15, -0.1) is 0 Å². The predicted molar refractivity (Wildman–Crippen MR) is 50.3 cm³/mol. The molecular weight excluding hydrogens is 187 g/mol. The first kappa shape index (κ1) is 10.5. The molecule has 0 heterocycles. The van der Waals surface area contributed by atoms with Gasteiger partial charge in [0.2, 0.25) is 0 Å². The second kappa shape index (κ2) is 4.57. The molecule has 4 nitrogen and oxygen atoms in total. The zero-order valence-electron chi connectivity index (χ0n) is 7.62. The zero-order chi connectivity index (χ0) is 10.6. The number of hydrogen-bond donors (Lipinski definition) is 3. The Bertz CT molecular complexity index is 330. The molecular formula is C9H11FN2O2. The van der Waals surface area contributed by atoms with Crippen LogP contribution in [0.25, 0.3) is 0 Å². The van der Waals surface area contributed by atoms with Gasteiger partial charge in [-0.05, 0) is 19.1 Å². The van der Waals surface area contributed by atoms with Gasteiger partial charge in [0.1, 0.15) is 11.9 Å². The van der Waals surface area contributed by atoms with Crippen molar-refractivity contribution in [3.63, 3.8) is 0 Å². The summed E-state index contributed by atoms with van der Waals surface area (Å²) >= 11 is 0. The highest BCUT2D eigenvalue weighted by Gasteiger charge is 2.09. The Kier molecular flexibility index (Phi) is 3.41. The lowest BCUT2D eigenvalue weighted by Crippen LogP contribution is -2.37. The number of benzene rings is 1. The molecule has 0 radical (unpaired) electrons. The summed E-state index contributed by atoms with van der Waals surface area (Å²) in [4.78, 5) is 10.4. The number of para-hydroxylation sites is 1. The Labute approximate surface area is 80.7 Å². The number of rotatable bonds is 4. The minimum Gasteiger partial charge on any atom is -0.480 e. The lowest BCUT2D eigenvalue weighted by atomic mass is 10.3. The SMILES string of the molecule is CC(NNc1ccccc1F)C(=O)O. The molecule has 0 saturated heterocycles. The number of carbonyl (C=O) groups is 1. The highest BCUT2D eigenvalue weighted by Crippen LogP contribution is 2.10. The smallest absolute Gasteiger partial charge is 0.322 e. The summed E-state index contributed by atoms with van der Waals surface area (Å²) in [7, 11) is 0. The number of halogens is 1. The Hall–Kier alpha value is -1.62. The molecule has 0 fully saturated rings. The van der Waals surface area contributed by atoms with Gasteiger partial charge in [0, 0.05) is 0 Å². The van der Waals surface area contributed by atoms with Gasteiger partial charge in [-0.25, -0.2) is 9.82 Å². The molecule has 0 spiro atoms. The number of nitrogens with one attached hydrogen (secondary N) is 2. The Balaban J connectivity index is 2.54. The summed E-state index contributed by atoms with van der Waals surface area (Å²) < 4.78 is 13.0. The van der Waals surface area contributed by atoms with Gasteiger partial charge in [0.05, 0.1) is 5.69 Å². The quantitative estimate of drug-likeness (QED) is 0.636. The number of carboxylic acids is 1. The molecule has 0 aliphatic carbocycles. The van der Waals surface area contributed by atoms with Gasteiger partial charge >= 0.3 is 5.97 Å². The van der Waals surface area contributed by atoms with E-state index in [1.165, 1.54) is 19.1 Å². The van der Waals surface area contributed by atoms with Crippen LogP contribution in [0.1, 0.15) is 6.92 Å². The molecule has 1 aromatic rings. The van der Waals surface area contributed by atoms with Crippen LogP contribution in [0.15, 0.2) is 24.3 Å². The van der Waals surface area contributed by atoms with Crippen LogP contribution >= 0.6 is 0 Å². The monoisotopic (exact) mass is 198 g/mol. The maximum Gasteiger partial charge on any atom is 0.322 e. The number of hydrogen-bond acceptors (Lipinski definition) is 3. The van der Waals surface area contributed by atoms with Crippen molar-refractivity contribution >= 4 is 11.7 Å². The molecule has 1 rings (SSSR count). The van der Waals surface area contributed by atoms with Gasteiger partial charge in [0.25, 0.3) is 0 Å². The Morgan fingerprint density at radius 2 is 2.14 bits per heavy atom. The third kappa shape index (κ3) is 2.70. The van der Waals surface area contributed by atoms with Crippen molar-refractivity contribution in [1.29, 1.82) is 0 Å². The first-order valence-electron chi connectivity index (χ1n) is 4.10. The minimum absolute atomic E-state index is 0.223. The molecule has 1 aromatic carbocycles. The topological polar surface area (TPSA) is 61.4 Å². The largest absolute Gasteiger partial charge is 0.480 e. The fourth-order valence-electron chi connectivity index (χ4n) is 0.810. The molecule has 1 unspecified atom stereocenters. The number of hydrazine groups is 1. The van der Waals surface area contributed by atoms with Crippen LogP contribution in [0.4, 0.5) is 10.1 Å². The Morgan fingerprint density at radius 3 is 2.71 bits per heavy atom. The summed E-state index contributed by atoms with van der Waals surface area (Å²) in [5.41, 5.74) is 5.16. The number of anilines is 1. The van der Waals surface area contributed by atoms with E-state index in [0.717, 1.165) is 0 Å². The van der Waals surface area contributed by atoms with E-state index in [-0.39, 0.29) is 5.69 Å². The minimum atomic E-state index is -1.01. The van der Waals surface area contributed by atoms with E-state index in [4.69, 9.17) is 5.11 Å². The molecule has 0 aliphatic rings. The van der Waals surface area contributed by atoms with Gasteiger partial charge in [-0.2, -0.15) is 0 Å². The van der Waals surface area contributed by atoms with E-state index < -0.39 is 17.8 Å². The van der Waals surface area contributed by atoms with Crippen LogP contribution in [-0.2, 0) is 4.79 Å². The number of aliphatic carboxylic acids is 1. The third-order valence-electron chi connectivity index (χ3n) is 1.67. The van der Waals surface area contributed by atoms with Crippen LogP contribution in [0.5, 0.6) is 0 Å². The van der Waals surface area contributed by atoms with Crippen molar-refractivity contribution in [3.8, 4) is 0 Å². The summed E-state index contributed by atoms with van der Waals surface area (Å²) in [5.74, 6) is -1.44. The van der Waals surface area contributed by atoms with Crippen molar-refractivity contribution in [2.75, 3.05) is 5.43 Å². The van der Waals surface area contributed by atoms with Gasteiger partial charge in [-0.1, -0.05) is 12.1 Å². The van der Waals surface area contributed by atoms with E-state index in [9.17, 15) is 9.18 Å². The van der Waals surface area contributed by atoms with Crippen molar-refractivity contribution in [1.82, 2.24) is 5.43 Å². The Morgan fingerprint density at radius 1 is 1.50 bits per heavy atom. The highest BCUT2D eigenvalue weighted by atomic mass is 19.1. The molecule has 0 saturated carbocycles. The molecule has 0 amide bonds. The summed E-state index contributed by atoms with van der Waals surface area (Å²) in [6.07, 6.45) is 0. The second-order valence-electron chi connectivity index (χ2n) is 2.81. The first-order chi connectivity index (χ1) is 6.61. The van der Waals surface area contributed by atoms with Gasteiger partial charge < -0.3 is 10.5 Å². The standard InChI is InChI=1S/C9H11FN2O2/c1-6(9(13)14)11-12-8-5-3-2-4-7(8)10/h2-6,11-12H,1H3,(H,13,14). The third-order valence-corrected chi connectivity index (χ3v) is 1.67. The number of carboxylic acid groups (broad SMARTS) is 1. The summed E-state index contributed by atoms with van der Waals surface area (Å²) in [6, 6.07) is 5.22. The second-order valence-corrected chi connectivity index (χ2v) is 2.81. The maximum atomic E-state index is 13.0. The average molecular weight is 198 g/mol. The molecule has 14 heavy (non-hydrogen) atoms. The van der Waals surface area contributed by atoms with Gasteiger partial charge in [-0.3, -0.25) is 4.79 Å². The summed E-state index contributed by atoms with van der Waals surface area (Å²) in [5, 5.41) is 8.53. The zero-order valence-corrected chi connectivity index (χ0v) is 7.62. The molecule has 5 heteroatoms. The van der Waals surface area contributed by atoms with Crippen LogP contribution < -0.4 is 10.9 Å². The van der Waals surface area contributed by atoms with E-state index in [2.05, 4.69) is 10.9 Å². The lowest BCUT2D eigenvalue weighted by Gasteiger charge is -2.11. The van der Waals surface area contributed by atoms with Crippen molar-refractivity contribution in [3.05, 3.63) is 30.1 Å². The fourth-order valence-corrected chi connectivity index (χ4v) is 0.810. The van der Waals surface area contributed by atoms with E-state index in [1.54, 1.807) is 12.1 Å². The van der Waals surface area contributed by atoms with Crippen molar-refractivity contribution < 1.29 is 14.3 Å². The molecule has 3 N–H and O–H groups in total. The first-order valence-corrected chi connectivity index (χ1v) is 4.10. The van der Waals surface area contributed by atoms with Crippen LogP contribution in [-0.4, -0.2) is 17.1 Å². The van der Waals surface area contributed by atoms with Crippen LogP contribution in [0, 0.1) is 5.82 Å². The van der Waals surface area contributed by atoms with Crippen molar-refractivity contribution in [2.45, 2.75) is 13.0 Å². The maximum absolute atomic E-state index is 13.0. The molecule has 0 aliphatic heterocycles. The molecule has 0 aromatic heterocycles. The lowest BCUT2D eigenvalue weighted by molar-refractivity contribution is -0.138. The summed E-state index contributed by atoms with van der Waals surface area (Å²) in [6.45, 7) is 1.45. The van der Waals surface area contributed by atoms with Crippen LogP contribution in [0.2, 0.25) is 0 Å². The molecule has 1 atom stereocenters. The van der Waals surface area contributed by atoms with E-state index in [1.807, 2.05) is 0 Å². The van der Waals surface area contributed by atoms with Crippen molar-refractivity contribution in [2.24, 2.45) is 0 Å². The van der Waals surface area contributed by atoms with Crippen LogP contribution in [0.3, 0.4) is 0 Å². The normalized spacial score (nSPS) is 12.1. The predicted octanol–water partition coefficient (Wildman–Crippen LogP) is 1.22. The average Bonchev–Trinajstić information content (AvgIpc) is 2.16. The molecule has 76 valence electrons.